The molecule has 0 amide bonds. The van der Waals surface area contributed by atoms with Crippen molar-refractivity contribution in [3.63, 3.8) is 0 Å². The minimum atomic E-state index is -4.70. The summed E-state index contributed by atoms with van der Waals surface area (Å²) in [6, 6.07) is -2.70. The van der Waals surface area contributed by atoms with Gasteiger partial charge in [-0.05, 0) is 56.7 Å². The zero-order chi connectivity index (χ0) is 22.6. The van der Waals surface area contributed by atoms with Gasteiger partial charge in [-0.1, -0.05) is 0 Å². The number of piperidine rings is 1. The minimum absolute atomic E-state index is 0.0202. The van der Waals surface area contributed by atoms with Crippen LogP contribution < -0.4 is 14.9 Å². The Bertz CT molecular complexity index is 866. The Kier molecular flexibility index (Phi) is 5.82. The summed E-state index contributed by atoms with van der Waals surface area (Å²) >= 11 is 1.11. The summed E-state index contributed by atoms with van der Waals surface area (Å²) in [6.45, 7) is 0.713. The number of halogens is 7. The predicted molar refractivity (Wildman–Crippen MR) is 104 cm³/mol. The lowest BCUT2D eigenvalue weighted by Gasteiger charge is -2.43. The highest BCUT2D eigenvalue weighted by atomic mass is 32.2. The average Bonchev–Trinajstić information content (AvgIpc) is 3.51. The van der Waals surface area contributed by atoms with E-state index < -0.39 is 42.7 Å². The Morgan fingerprint density at radius 2 is 1.87 bits per heavy atom. The van der Waals surface area contributed by atoms with Crippen LogP contribution in [-0.2, 0) is 0 Å². The highest BCUT2D eigenvalue weighted by Gasteiger charge is 2.49. The lowest BCUT2D eigenvalue weighted by atomic mass is 9.94. The standard InChI is InChI=1S/C19H21F7N4S/c1-9(18(21,22)23)27-12-4-5-30(15(8-12)19(24,25)26)13-6-11(20)7-14-16(13)28-17(29-31-14)10-2-3-10/h6-7,9-10,12,15,27H,2-5,8H2,1H3,(H,28,29)/t9-,12-,15-/m0/s1. The molecule has 1 saturated carbocycles. The average molecular weight is 470 g/mol. The first-order chi connectivity index (χ1) is 14.4. The number of aliphatic imine (C=N–C) groups is 1. The lowest BCUT2D eigenvalue weighted by molar-refractivity contribution is -0.162. The number of fused-ring (bicyclic) bond motifs is 1. The van der Waals surface area contributed by atoms with E-state index in [1.807, 2.05) is 0 Å². The first kappa shape index (κ1) is 22.5. The third-order valence-corrected chi connectivity index (χ3v) is 6.59. The second-order valence-electron chi connectivity index (χ2n) is 8.15. The SMILES string of the molecule is C[C@H](N[C@H]1CCN(c2cc(F)cc3c2N=C(C2CC2)NS3)[C@H](C(F)(F)F)C1)C(F)(F)F. The van der Waals surface area contributed by atoms with E-state index in [1.54, 1.807) is 0 Å². The van der Waals surface area contributed by atoms with E-state index >= 15 is 0 Å². The van der Waals surface area contributed by atoms with Gasteiger partial charge in [0.05, 0.1) is 10.6 Å². The van der Waals surface area contributed by atoms with Crippen LogP contribution in [-0.4, -0.2) is 42.9 Å². The number of alkyl halides is 6. The molecule has 1 saturated heterocycles. The Hall–Kier alpha value is -1.69. The Balaban J connectivity index is 1.64. The largest absolute Gasteiger partial charge is 0.408 e. The molecule has 3 atom stereocenters. The summed E-state index contributed by atoms with van der Waals surface area (Å²) in [5.41, 5.74) is 0.295. The van der Waals surface area contributed by atoms with Crippen molar-refractivity contribution in [3.8, 4) is 0 Å². The molecule has 1 aliphatic carbocycles. The number of anilines is 1. The van der Waals surface area contributed by atoms with Gasteiger partial charge in [0.1, 0.15) is 29.4 Å². The molecule has 0 unspecified atom stereocenters. The summed E-state index contributed by atoms with van der Waals surface area (Å²) < 4.78 is 97.6. The molecule has 2 N–H and O–H groups in total. The normalized spacial score (nSPS) is 25.5. The molecule has 0 bridgehead atoms. The maximum Gasteiger partial charge on any atom is 0.408 e. The highest BCUT2D eigenvalue weighted by molar-refractivity contribution is 7.98. The van der Waals surface area contributed by atoms with Gasteiger partial charge >= 0.3 is 12.4 Å². The molecule has 2 aliphatic heterocycles. The van der Waals surface area contributed by atoms with E-state index in [4.69, 9.17) is 0 Å². The molecule has 31 heavy (non-hydrogen) atoms. The van der Waals surface area contributed by atoms with Crippen molar-refractivity contribution in [1.29, 1.82) is 0 Å². The van der Waals surface area contributed by atoms with Crippen molar-refractivity contribution in [2.24, 2.45) is 10.9 Å². The maximum absolute atomic E-state index is 14.2. The van der Waals surface area contributed by atoms with Crippen molar-refractivity contribution in [2.75, 3.05) is 11.4 Å². The summed E-state index contributed by atoms with van der Waals surface area (Å²) in [4.78, 5) is 5.91. The smallest absolute Gasteiger partial charge is 0.358 e. The van der Waals surface area contributed by atoms with Gasteiger partial charge in [0.25, 0.3) is 0 Å². The number of rotatable bonds is 4. The van der Waals surface area contributed by atoms with Gasteiger partial charge in [-0.25, -0.2) is 9.38 Å². The first-order valence-corrected chi connectivity index (χ1v) is 10.8. The van der Waals surface area contributed by atoms with E-state index in [0.29, 0.717) is 10.7 Å². The van der Waals surface area contributed by atoms with E-state index in [0.717, 1.165) is 42.7 Å². The van der Waals surface area contributed by atoms with Crippen LogP contribution in [0.2, 0.25) is 0 Å². The molecule has 0 spiro atoms. The zero-order valence-electron chi connectivity index (χ0n) is 16.4. The van der Waals surface area contributed by atoms with Crippen molar-refractivity contribution in [2.45, 2.75) is 68.0 Å². The number of nitrogens with zero attached hydrogens (tertiary/aromatic N) is 2. The fraction of sp³-hybridized carbons (Fsp3) is 0.632. The molecule has 1 aromatic carbocycles. The number of amidine groups is 1. The summed E-state index contributed by atoms with van der Waals surface area (Å²) in [5.74, 6) is 0.181. The molecule has 2 heterocycles. The zero-order valence-corrected chi connectivity index (χ0v) is 17.3. The van der Waals surface area contributed by atoms with Gasteiger partial charge in [-0.2, -0.15) is 26.3 Å². The second-order valence-corrected chi connectivity index (χ2v) is 9.00. The van der Waals surface area contributed by atoms with Gasteiger partial charge in [-0.3, -0.25) is 0 Å². The maximum atomic E-state index is 14.2. The molecule has 0 radical (unpaired) electrons. The van der Waals surface area contributed by atoms with Crippen LogP contribution in [0.15, 0.2) is 22.0 Å². The van der Waals surface area contributed by atoms with E-state index in [-0.39, 0.29) is 30.3 Å². The number of nitrogens with one attached hydrogen (secondary N) is 2. The summed E-state index contributed by atoms with van der Waals surface area (Å²) in [7, 11) is 0. The Morgan fingerprint density at radius 3 is 2.48 bits per heavy atom. The van der Waals surface area contributed by atoms with E-state index in [9.17, 15) is 30.7 Å². The first-order valence-electron chi connectivity index (χ1n) is 9.94. The molecule has 4 rings (SSSR count). The van der Waals surface area contributed by atoms with Crippen LogP contribution in [0.5, 0.6) is 0 Å². The minimum Gasteiger partial charge on any atom is -0.358 e. The quantitative estimate of drug-likeness (QED) is 0.462. The van der Waals surface area contributed by atoms with Gasteiger partial charge < -0.3 is 14.9 Å². The summed E-state index contributed by atoms with van der Waals surface area (Å²) in [5, 5.41) is 2.27. The van der Waals surface area contributed by atoms with Crippen molar-refractivity contribution >= 4 is 29.2 Å². The van der Waals surface area contributed by atoms with Crippen LogP contribution in [0.25, 0.3) is 0 Å². The molecule has 12 heteroatoms. The Labute approximate surface area is 178 Å². The van der Waals surface area contributed by atoms with Crippen LogP contribution in [0.3, 0.4) is 0 Å². The predicted octanol–water partition coefficient (Wildman–Crippen LogP) is 5.32. The van der Waals surface area contributed by atoms with Crippen LogP contribution >= 0.6 is 11.9 Å². The lowest BCUT2D eigenvalue weighted by Crippen LogP contribution is -2.57. The molecule has 0 aromatic heterocycles. The number of hydrogen-bond donors (Lipinski definition) is 2. The molecule has 3 aliphatic rings. The fourth-order valence-electron chi connectivity index (χ4n) is 3.91. The third-order valence-electron chi connectivity index (χ3n) is 5.75. The molecular formula is C19H21F7N4S. The topological polar surface area (TPSA) is 39.7 Å². The van der Waals surface area contributed by atoms with Crippen molar-refractivity contribution in [1.82, 2.24) is 10.0 Å². The monoisotopic (exact) mass is 470 g/mol. The fourth-order valence-corrected chi connectivity index (χ4v) is 4.76. The van der Waals surface area contributed by atoms with Crippen molar-refractivity contribution < 1.29 is 30.7 Å². The van der Waals surface area contributed by atoms with Crippen LogP contribution in [0.4, 0.5) is 42.1 Å². The molecule has 4 nitrogen and oxygen atoms in total. The third kappa shape index (κ3) is 4.89. The van der Waals surface area contributed by atoms with Gasteiger partial charge in [-0.15, -0.1) is 0 Å². The molecular weight excluding hydrogens is 449 g/mol. The second kappa shape index (κ2) is 8.02. The number of hydrogen-bond acceptors (Lipinski definition) is 5. The Morgan fingerprint density at radius 1 is 1.16 bits per heavy atom. The van der Waals surface area contributed by atoms with Crippen LogP contribution in [0, 0.1) is 11.7 Å². The molecule has 172 valence electrons. The van der Waals surface area contributed by atoms with Crippen molar-refractivity contribution in [3.05, 3.63) is 17.9 Å². The van der Waals surface area contributed by atoms with Crippen LogP contribution in [0.1, 0.15) is 32.6 Å². The van der Waals surface area contributed by atoms with Gasteiger partial charge in [0, 0.05) is 18.5 Å². The van der Waals surface area contributed by atoms with Gasteiger partial charge in [0.2, 0.25) is 0 Å². The number of benzene rings is 1. The van der Waals surface area contributed by atoms with E-state index in [1.165, 1.54) is 6.07 Å². The van der Waals surface area contributed by atoms with E-state index in [2.05, 4.69) is 15.0 Å². The summed E-state index contributed by atoms with van der Waals surface area (Å²) in [6.07, 6.45) is -7.91. The van der Waals surface area contributed by atoms with Gasteiger partial charge in [0.15, 0.2) is 0 Å². The molecule has 1 aromatic rings. The molecule has 2 fully saturated rings. The highest BCUT2D eigenvalue weighted by Crippen LogP contribution is 2.46.